The van der Waals surface area contributed by atoms with Gasteiger partial charge < -0.3 is 40.3 Å². The zero-order valence-corrected chi connectivity index (χ0v) is 50.9. The first-order chi connectivity index (χ1) is 38.3. The molecule has 0 bridgehead atoms. The molecule has 0 saturated carbocycles. The topological polar surface area (TPSA) is 149 Å². The highest BCUT2D eigenvalue weighted by atomic mass is 16.7. The van der Waals surface area contributed by atoms with E-state index in [1.54, 1.807) is 6.08 Å². The van der Waals surface area contributed by atoms with Crippen LogP contribution in [0, 0.1) is 0 Å². The van der Waals surface area contributed by atoms with E-state index in [0.717, 1.165) is 57.8 Å². The van der Waals surface area contributed by atoms with Gasteiger partial charge in [0.15, 0.2) is 6.29 Å². The van der Waals surface area contributed by atoms with Crippen LogP contribution in [0.2, 0.25) is 0 Å². The van der Waals surface area contributed by atoms with Crippen LogP contribution in [0.3, 0.4) is 0 Å². The first-order valence-corrected chi connectivity index (χ1v) is 33.5. The summed E-state index contributed by atoms with van der Waals surface area (Å²) < 4.78 is 11.3. The number of rotatable bonds is 58. The number of allylic oxidation sites excluding steroid dienone is 9. The van der Waals surface area contributed by atoms with Gasteiger partial charge in [-0.15, -0.1) is 0 Å². The summed E-state index contributed by atoms with van der Waals surface area (Å²) in [4.78, 5) is 13.1. The Hall–Kier alpha value is -2.11. The number of unbranched alkanes of at least 4 members (excludes halogenated alkanes) is 40. The van der Waals surface area contributed by atoms with Crippen molar-refractivity contribution in [1.82, 2.24) is 5.32 Å². The molecule has 0 radical (unpaired) electrons. The Bertz CT molecular complexity index is 1410. The van der Waals surface area contributed by atoms with Crippen LogP contribution in [-0.4, -0.2) is 87.5 Å². The molecule has 6 N–H and O–H groups in total. The van der Waals surface area contributed by atoms with Crippen molar-refractivity contribution >= 4 is 5.91 Å². The Morgan fingerprint density at radius 2 is 0.769 bits per heavy atom. The quantitative estimate of drug-likeness (QED) is 0.0261. The first kappa shape index (κ1) is 73.9. The maximum Gasteiger partial charge on any atom is 0.220 e. The molecule has 9 heteroatoms. The molecule has 1 fully saturated rings. The highest BCUT2D eigenvalue weighted by molar-refractivity contribution is 5.76. The Kier molecular flexibility index (Phi) is 55.0. The van der Waals surface area contributed by atoms with Crippen molar-refractivity contribution in [1.29, 1.82) is 0 Å². The van der Waals surface area contributed by atoms with Crippen LogP contribution < -0.4 is 5.32 Å². The molecule has 0 aromatic rings. The second kappa shape index (κ2) is 58.1. The van der Waals surface area contributed by atoms with E-state index in [-0.39, 0.29) is 12.5 Å². The molecule has 1 aliphatic rings. The summed E-state index contributed by atoms with van der Waals surface area (Å²) in [5.41, 5.74) is 0. The average molecular weight is 1100 g/mol. The number of ether oxygens (including phenoxy) is 2. The van der Waals surface area contributed by atoms with Crippen LogP contribution in [-0.2, 0) is 14.3 Å². The Balaban J connectivity index is 2.02. The smallest absolute Gasteiger partial charge is 0.220 e. The fourth-order valence-corrected chi connectivity index (χ4v) is 10.5. The average Bonchev–Trinajstić information content (AvgIpc) is 3.46. The van der Waals surface area contributed by atoms with Gasteiger partial charge in [0.05, 0.1) is 25.4 Å². The van der Waals surface area contributed by atoms with E-state index in [1.807, 2.05) is 6.08 Å². The molecule has 0 aromatic heterocycles. The fourth-order valence-electron chi connectivity index (χ4n) is 10.5. The van der Waals surface area contributed by atoms with Crippen molar-refractivity contribution in [3.8, 4) is 0 Å². The van der Waals surface area contributed by atoms with Gasteiger partial charge in [0.25, 0.3) is 0 Å². The van der Waals surface area contributed by atoms with Gasteiger partial charge in [-0.2, -0.15) is 0 Å². The van der Waals surface area contributed by atoms with Gasteiger partial charge in [-0.25, -0.2) is 0 Å². The third-order valence-electron chi connectivity index (χ3n) is 15.8. The van der Waals surface area contributed by atoms with Crippen LogP contribution in [0.15, 0.2) is 60.8 Å². The fraction of sp³-hybridized carbons (Fsp3) is 0.841. The normalized spacial score (nSPS) is 19.0. The summed E-state index contributed by atoms with van der Waals surface area (Å²) in [6.45, 7) is 3.74. The first-order valence-electron chi connectivity index (χ1n) is 33.5. The minimum Gasteiger partial charge on any atom is -0.394 e. The molecule has 0 aromatic carbocycles. The van der Waals surface area contributed by atoms with E-state index in [9.17, 15) is 30.3 Å². The van der Waals surface area contributed by atoms with Gasteiger partial charge in [0.2, 0.25) is 5.91 Å². The predicted octanol–water partition coefficient (Wildman–Crippen LogP) is 17.8. The molecule has 0 spiro atoms. The van der Waals surface area contributed by atoms with E-state index in [0.29, 0.717) is 6.42 Å². The molecule has 7 unspecified atom stereocenters. The third-order valence-corrected chi connectivity index (χ3v) is 15.8. The zero-order chi connectivity index (χ0) is 56.5. The minimum absolute atomic E-state index is 0.187. The van der Waals surface area contributed by atoms with E-state index in [4.69, 9.17) is 9.47 Å². The number of hydrogen-bond acceptors (Lipinski definition) is 8. The van der Waals surface area contributed by atoms with Crippen molar-refractivity contribution < 1.29 is 39.8 Å². The van der Waals surface area contributed by atoms with Crippen molar-refractivity contribution in [2.24, 2.45) is 0 Å². The molecule has 1 amide bonds. The van der Waals surface area contributed by atoms with Crippen LogP contribution in [0.5, 0.6) is 0 Å². The van der Waals surface area contributed by atoms with Crippen LogP contribution in [0.1, 0.15) is 316 Å². The Morgan fingerprint density at radius 3 is 1.17 bits per heavy atom. The van der Waals surface area contributed by atoms with E-state index < -0.39 is 49.5 Å². The number of amides is 1. The number of aliphatic hydroxyl groups excluding tert-OH is 5. The van der Waals surface area contributed by atoms with Gasteiger partial charge in [-0.05, 0) is 77.0 Å². The number of nitrogens with one attached hydrogen (secondary N) is 1. The maximum atomic E-state index is 13.1. The molecular weight excluding hydrogens is 971 g/mol. The molecule has 78 heavy (non-hydrogen) atoms. The highest BCUT2D eigenvalue weighted by Gasteiger charge is 2.44. The van der Waals surface area contributed by atoms with E-state index in [1.165, 1.54) is 238 Å². The number of hydrogen-bond donors (Lipinski definition) is 6. The minimum atomic E-state index is -1.57. The number of carbonyl (C=O) groups excluding carboxylic acids is 1. The van der Waals surface area contributed by atoms with Gasteiger partial charge in [0.1, 0.15) is 24.4 Å². The van der Waals surface area contributed by atoms with Gasteiger partial charge in [0, 0.05) is 6.42 Å². The lowest BCUT2D eigenvalue weighted by atomic mass is 9.99. The summed E-state index contributed by atoms with van der Waals surface area (Å²) in [5.74, 6) is -0.187. The van der Waals surface area contributed by atoms with Crippen molar-refractivity contribution in [2.75, 3.05) is 13.2 Å². The molecule has 9 nitrogen and oxygen atoms in total. The van der Waals surface area contributed by atoms with Crippen molar-refractivity contribution in [3.05, 3.63) is 60.8 Å². The largest absolute Gasteiger partial charge is 0.394 e. The predicted molar refractivity (Wildman–Crippen MR) is 332 cm³/mol. The second-order valence-corrected chi connectivity index (χ2v) is 23.2. The molecule has 1 rings (SSSR count). The lowest BCUT2D eigenvalue weighted by molar-refractivity contribution is -0.302. The maximum absolute atomic E-state index is 13.1. The zero-order valence-electron chi connectivity index (χ0n) is 50.9. The number of carbonyl (C=O) groups is 1. The van der Waals surface area contributed by atoms with Crippen LogP contribution in [0.25, 0.3) is 0 Å². The van der Waals surface area contributed by atoms with Gasteiger partial charge in [-0.1, -0.05) is 293 Å². The Labute approximate surface area is 481 Å². The lowest BCUT2D eigenvalue weighted by Gasteiger charge is -2.40. The summed E-state index contributed by atoms with van der Waals surface area (Å²) in [7, 11) is 0. The molecule has 456 valence electrons. The second-order valence-electron chi connectivity index (χ2n) is 23.2. The highest BCUT2D eigenvalue weighted by Crippen LogP contribution is 2.23. The summed E-state index contributed by atoms with van der Waals surface area (Å²) in [5, 5.41) is 54.5. The molecule has 0 aliphatic carbocycles. The summed E-state index contributed by atoms with van der Waals surface area (Å²) >= 11 is 0. The SMILES string of the molecule is CCCCCC/C=C/CC/C=C/CC/C=C/C(O)C(COC1OC(CO)C(O)C(O)C1O)NC(=O)CCCCCCCCCCCCCCCCCCCCCCCCCCCCCCC/C=C\C/C=C\CCCCCCC. The lowest BCUT2D eigenvalue weighted by Crippen LogP contribution is -2.60. The van der Waals surface area contributed by atoms with Crippen molar-refractivity contribution in [3.63, 3.8) is 0 Å². The molecule has 1 heterocycles. The van der Waals surface area contributed by atoms with Crippen molar-refractivity contribution in [2.45, 2.75) is 358 Å². The van der Waals surface area contributed by atoms with Gasteiger partial charge in [-0.3, -0.25) is 4.79 Å². The summed E-state index contributed by atoms with van der Waals surface area (Å²) in [6.07, 6.45) is 73.5. The van der Waals surface area contributed by atoms with E-state index in [2.05, 4.69) is 67.8 Å². The standard InChI is InChI=1S/C69H127NO8/c1-3-5-7-9-11-13-15-17-19-20-21-22-23-24-25-26-27-28-29-30-31-32-33-34-35-36-37-38-39-40-41-42-43-44-45-47-49-51-53-55-57-59-65(73)70-62(61-77-69-68(76)67(75)66(74)64(60-71)78-69)63(72)58-56-54-52-50-48-46-18-16-14-12-10-8-6-4-2/h14-17,20-21,48,50,56,58,62-64,66-69,71-72,74-76H,3-13,18-19,22-47,49,51-55,57,59-61H2,1-2H3,(H,70,73)/b16-14+,17-15-,21-20-,50-48+,58-56+. The molecule has 1 saturated heterocycles. The molecular formula is C69H127NO8. The van der Waals surface area contributed by atoms with Crippen LogP contribution in [0.4, 0.5) is 0 Å². The molecule has 1 aliphatic heterocycles. The molecule has 7 atom stereocenters. The monoisotopic (exact) mass is 1100 g/mol. The van der Waals surface area contributed by atoms with Gasteiger partial charge >= 0.3 is 0 Å². The number of aliphatic hydroxyl groups is 5. The van der Waals surface area contributed by atoms with Crippen LogP contribution >= 0.6 is 0 Å². The summed E-state index contributed by atoms with van der Waals surface area (Å²) in [6, 6.07) is -0.827. The van der Waals surface area contributed by atoms with E-state index >= 15 is 0 Å². The third kappa shape index (κ3) is 46.5. The Morgan fingerprint density at radius 1 is 0.436 bits per heavy atom.